The van der Waals surface area contributed by atoms with Gasteiger partial charge in [0.2, 0.25) is 0 Å². The number of nitrogens with zero attached hydrogens (tertiary/aromatic N) is 1. The van der Waals surface area contributed by atoms with Gasteiger partial charge in [0.1, 0.15) is 0 Å². The Morgan fingerprint density at radius 1 is 1.17 bits per heavy atom. The molecule has 0 amide bonds. The lowest BCUT2D eigenvalue weighted by Crippen LogP contribution is -2.40. The highest BCUT2D eigenvalue weighted by atomic mass is 15.2. The molecule has 0 heterocycles. The van der Waals surface area contributed by atoms with Crippen molar-refractivity contribution in [3.8, 4) is 0 Å². The maximum Gasteiger partial charge on any atom is 0.00952 e. The van der Waals surface area contributed by atoms with Crippen LogP contribution in [0.4, 0.5) is 0 Å². The second-order valence-electron chi connectivity index (χ2n) is 6.32. The van der Waals surface area contributed by atoms with Gasteiger partial charge in [0, 0.05) is 12.1 Å². The third kappa shape index (κ3) is 5.71. The molecule has 1 atom stereocenters. The first-order chi connectivity index (χ1) is 8.65. The van der Waals surface area contributed by atoms with E-state index in [0.29, 0.717) is 0 Å². The summed E-state index contributed by atoms with van der Waals surface area (Å²) in [7, 11) is 2.34. The molecule has 2 nitrogen and oxygen atoms in total. The first-order valence-electron chi connectivity index (χ1n) is 8.07. The van der Waals surface area contributed by atoms with Crippen LogP contribution in [-0.4, -0.2) is 37.1 Å². The minimum absolute atomic E-state index is 0.742. The highest BCUT2D eigenvalue weighted by Gasteiger charge is 2.24. The standard InChI is InChI=1S/C16H34N2/c1-5-12-17-13-6-7-15(3)18(4)16-10-8-14(2)9-11-16/h14-17H,5-13H2,1-4H3. The van der Waals surface area contributed by atoms with Gasteiger partial charge in [0.25, 0.3) is 0 Å². The Hall–Kier alpha value is -0.0800. The predicted octanol–water partition coefficient (Wildman–Crippen LogP) is 3.67. The molecule has 0 spiro atoms. The van der Waals surface area contributed by atoms with Crippen LogP contribution < -0.4 is 5.32 Å². The van der Waals surface area contributed by atoms with Crippen molar-refractivity contribution in [1.82, 2.24) is 10.2 Å². The summed E-state index contributed by atoms with van der Waals surface area (Å²) in [6, 6.07) is 1.59. The van der Waals surface area contributed by atoms with Crippen LogP contribution in [-0.2, 0) is 0 Å². The second-order valence-corrected chi connectivity index (χ2v) is 6.32. The molecule has 108 valence electrons. The first kappa shape index (κ1) is 16.0. The lowest BCUT2D eigenvalue weighted by Gasteiger charge is -2.37. The topological polar surface area (TPSA) is 15.3 Å². The van der Waals surface area contributed by atoms with E-state index >= 15 is 0 Å². The Balaban J connectivity index is 2.14. The Bertz CT molecular complexity index is 197. The summed E-state index contributed by atoms with van der Waals surface area (Å²) in [4.78, 5) is 2.64. The van der Waals surface area contributed by atoms with E-state index < -0.39 is 0 Å². The SMILES string of the molecule is CCCNCCCC(C)N(C)C1CCC(C)CC1. The van der Waals surface area contributed by atoms with E-state index in [2.05, 4.69) is 38.0 Å². The minimum Gasteiger partial charge on any atom is -0.317 e. The van der Waals surface area contributed by atoms with E-state index in [1.54, 1.807) is 0 Å². The Morgan fingerprint density at radius 3 is 2.44 bits per heavy atom. The average molecular weight is 254 g/mol. The van der Waals surface area contributed by atoms with Gasteiger partial charge in [-0.1, -0.05) is 13.8 Å². The normalized spacial score (nSPS) is 26.5. The molecule has 1 fully saturated rings. The number of nitrogens with one attached hydrogen (secondary N) is 1. The van der Waals surface area contributed by atoms with Crippen molar-refractivity contribution in [1.29, 1.82) is 0 Å². The molecule has 0 aliphatic heterocycles. The number of hydrogen-bond acceptors (Lipinski definition) is 2. The summed E-state index contributed by atoms with van der Waals surface area (Å²) in [5.41, 5.74) is 0. The first-order valence-corrected chi connectivity index (χ1v) is 8.07. The van der Waals surface area contributed by atoms with Crippen LogP contribution in [0.15, 0.2) is 0 Å². The quantitative estimate of drug-likeness (QED) is 0.665. The molecule has 1 N–H and O–H groups in total. The Morgan fingerprint density at radius 2 is 1.83 bits per heavy atom. The van der Waals surface area contributed by atoms with Gasteiger partial charge in [-0.15, -0.1) is 0 Å². The van der Waals surface area contributed by atoms with E-state index in [9.17, 15) is 0 Å². The fourth-order valence-electron chi connectivity index (χ4n) is 3.04. The van der Waals surface area contributed by atoms with Gasteiger partial charge in [-0.25, -0.2) is 0 Å². The lowest BCUT2D eigenvalue weighted by molar-refractivity contribution is 0.125. The fourth-order valence-corrected chi connectivity index (χ4v) is 3.04. The zero-order chi connectivity index (χ0) is 13.4. The van der Waals surface area contributed by atoms with Crippen LogP contribution in [0, 0.1) is 5.92 Å². The Kier molecular flexibility index (Phi) is 7.92. The van der Waals surface area contributed by atoms with Gasteiger partial charge in [-0.3, -0.25) is 0 Å². The summed E-state index contributed by atoms with van der Waals surface area (Å²) >= 11 is 0. The van der Waals surface area contributed by atoms with Crippen LogP contribution in [0.5, 0.6) is 0 Å². The molecule has 18 heavy (non-hydrogen) atoms. The molecule has 0 aromatic heterocycles. The molecule has 1 aliphatic rings. The largest absolute Gasteiger partial charge is 0.317 e. The molecule has 0 bridgehead atoms. The molecule has 0 saturated heterocycles. The minimum atomic E-state index is 0.742. The zero-order valence-electron chi connectivity index (χ0n) is 13.0. The summed E-state index contributed by atoms with van der Waals surface area (Å²) in [5, 5.41) is 3.50. The highest BCUT2D eigenvalue weighted by Crippen LogP contribution is 2.27. The van der Waals surface area contributed by atoms with Crippen LogP contribution in [0.25, 0.3) is 0 Å². The van der Waals surface area contributed by atoms with Crippen molar-refractivity contribution in [2.24, 2.45) is 5.92 Å². The molecule has 0 aromatic rings. The van der Waals surface area contributed by atoms with E-state index in [0.717, 1.165) is 18.0 Å². The van der Waals surface area contributed by atoms with Crippen LogP contribution in [0.3, 0.4) is 0 Å². The predicted molar refractivity (Wildman–Crippen MR) is 81.0 cm³/mol. The summed E-state index contributed by atoms with van der Waals surface area (Å²) < 4.78 is 0. The Labute approximate surface area is 115 Å². The summed E-state index contributed by atoms with van der Waals surface area (Å²) in [5.74, 6) is 0.961. The van der Waals surface area contributed by atoms with E-state index in [-0.39, 0.29) is 0 Å². The monoisotopic (exact) mass is 254 g/mol. The van der Waals surface area contributed by atoms with Crippen molar-refractivity contribution in [3.05, 3.63) is 0 Å². The third-order valence-corrected chi connectivity index (χ3v) is 4.66. The fraction of sp³-hybridized carbons (Fsp3) is 1.00. The van der Waals surface area contributed by atoms with Crippen molar-refractivity contribution >= 4 is 0 Å². The van der Waals surface area contributed by atoms with E-state index in [1.807, 2.05) is 0 Å². The number of hydrogen-bond donors (Lipinski definition) is 1. The van der Waals surface area contributed by atoms with Gasteiger partial charge in [-0.05, 0) is 77.9 Å². The maximum absolute atomic E-state index is 3.50. The van der Waals surface area contributed by atoms with Gasteiger partial charge < -0.3 is 10.2 Å². The third-order valence-electron chi connectivity index (χ3n) is 4.66. The summed E-state index contributed by atoms with van der Waals surface area (Å²) in [6.45, 7) is 9.39. The van der Waals surface area contributed by atoms with Crippen molar-refractivity contribution in [2.75, 3.05) is 20.1 Å². The molecular weight excluding hydrogens is 220 g/mol. The zero-order valence-corrected chi connectivity index (χ0v) is 13.0. The van der Waals surface area contributed by atoms with Gasteiger partial charge in [0.15, 0.2) is 0 Å². The van der Waals surface area contributed by atoms with Crippen LogP contribution >= 0.6 is 0 Å². The molecule has 0 radical (unpaired) electrons. The molecule has 1 rings (SSSR count). The van der Waals surface area contributed by atoms with Crippen molar-refractivity contribution < 1.29 is 0 Å². The van der Waals surface area contributed by atoms with Gasteiger partial charge in [0.05, 0.1) is 0 Å². The van der Waals surface area contributed by atoms with E-state index in [4.69, 9.17) is 0 Å². The number of rotatable bonds is 8. The van der Waals surface area contributed by atoms with E-state index in [1.165, 1.54) is 58.0 Å². The van der Waals surface area contributed by atoms with Gasteiger partial charge >= 0.3 is 0 Å². The molecule has 1 aliphatic carbocycles. The van der Waals surface area contributed by atoms with Gasteiger partial charge in [-0.2, -0.15) is 0 Å². The molecule has 1 unspecified atom stereocenters. The molecule has 0 aromatic carbocycles. The summed E-state index contributed by atoms with van der Waals surface area (Å²) in [6.07, 6.45) is 9.58. The maximum atomic E-state index is 3.50. The van der Waals surface area contributed by atoms with Crippen LogP contribution in [0.1, 0.15) is 65.7 Å². The highest BCUT2D eigenvalue weighted by molar-refractivity contribution is 4.79. The average Bonchev–Trinajstić information content (AvgIpc) is 2.38. The van der Waals surface area contributed by atoms with Crippen molar-refractivity contribution in [3.63, 3.8) is 0 Å². The van der Waals surface area contributed by atoms with Crippen molar-refractivity contribution in [2.45, 2.75) is 77.8 Å². The molecular formula is C16H34N2. The molecule has 1 saturated carbocycles. The molecule has 2 heteroatoms. The lowest BCUT2D eigenvalue weighted by atomic mass is 9.86. The smallest absolute Gasteiger partial charge is 0.00952 e. The second kappa shape index (κ2) is 8.92. The van der Waals surface area contributed by atoms with Crippen LogP contribution in [0.2, 0.25) is 0 Å².